The second-order valence-electron chi connectivity index (χ2n) is 9.29. The summed E-state index contributed by atoms with van der Waals surface area (Å²) in [6.07, 6.45) is 0.496. The summed E-state index contributed by atoms with van der Waals surface area (Å²) < 4.78 is 20.7. The lowest BCUT2D eigenvalue weighted by molar-refractivity contribution is -0.118. The third kappa shape index (κ3) is 6.54. The Kier molecular flexibility index (Phi) is 8.08. The van der Waals surface area contributed by atoms with Gasteiger partial charge >= 0.3 is 0 Å². The van der Waals surface area contributed by atoms with Crippen molar-refractivity contribution in [3.8, 4) is 0 Å². The molecule has 3 rings (SSSR count). The zero-order chi connectivity index (χ0) is 24.1. The van der Waals surface area contributed by atoms with E-state index >= 15 is 0 Å². The van der Waals surface area contributed by atoms with E-state index in [1.165, 1.54) is 6.07 Å². The van der Waals surface area contributed by atoms with Gasteiger partial charge in [0.1, 0.15) is 11.9 Å². The van der Waals surface area contributed by atoms with Gasteiger partial charge in [-0.1, -0.05) is 32.0 Å². The second kappa shape index (κ2) is 10.8. The quantitative estimate of drug-likeness (QED) is 0.644. The van der Waals surface area contributed by atoms with E-state index in [4.69, 9.17) is 4.74 Å². The first-order valence-corrected chi connectivity index (χ1v) is 11.5. The summed E-state index contributed by atoms with van der Waals surface area (Å²) in [4.78, 5) is 27.7. The lowest BCUT2D eigenvalue weighted by atomic mass is 10.0. The Morgan fingerprint density at radius 3 is 2.39 bits per heavy atom. The van der Waals surface area contributed by atoms with E-state index in [2.05, 4.69) is 10.6 Å². The van der Waals surface area contributed by atoms with E-state index < -0.39 is 11.9 Å². The molecule has 1 heterocycles. The third-order valence-corrected chi connectivity index (χ3v) is 5.69. The molecule has 2 aromatic carbocycles. The molecular formula is C26H34FN3O3. The van der Waals surface area contributed by atoms with Gasteiger partial charge in [-0.25, -0.2) is 4.39 Å². The fourth-order valence-corrected chi connectivity index (χ4v) is 4.21. The van der Waals surface area contributed by atoms with Crippen LogP contribution in [0.15, 0.2) is 42.5 Å². The number of hydrogen-bond acceptors (Lipinski definition) is 4. The largest absolute Gasteiger partial charge is 0.372 e. The predicted octanol–water partition coefficient (Wildman–Crippen LogP) is 4.53. The molecule has 2 N–H and O–H groups in total. The average Bonchev–Trinajstić information content (AvgIpc) is 2.72. The number of halogens is 1. The van der Waals surface area contributed by atoms with E-state index in [1.54, 1.807) is 24.3 Å². The zero-order valence-corrected chi connectivity index (χ0v) is 20.0. The molecule has 0 bridgehead atoms. The first-order chi connectivity index (χ1) is 15.6. The number of aryl methyl sites for hydroxylation is 1. The summed E-state index contributed by atoms with van der Waals surface area (Å²) in [7, 11) is 0. The van der Waals surface area contributed by atoms with Crippen LogP contribution < -0.4 is 15.5 Å². The number of nitrogens with zero attached hydrogens (tertiary/aromatic N) is 1. The minimum absolute atomic E-state index is 0.0150. The molecule has 1 aliphatic rings. The Balaban J connectivity index is 1.72. The van der Waals surface area contributed by atoms with Crippen molar-refractivity contribution in [2.75, 3.05) is 23.3 Å². The SMILES string of the molecule is Cc1ccccc1C(=O)NC(CC(C)C)C(=O)Nc1ccc(N2CC(C)OC(C)C2)c(F)c1. The molecule has 178 valence electrons. The number of hydrogen-bond donors (Lipinski definition) is 2. The van der Waals surface area contributed by atoms with Crippen LogP contribution in [-0.4, -0.2) is 43.2 Å². The molecule has 1 saturated heterocycles. The molecule has 1 fully saturated rings. The van der Waals surface area contributed by atoms with Crippen LogP contribution in [0.2, 0.25) is 0 Å². The predicted molar refractivity (Wildman–Crippen MR) is 129 cm³/mol. The Morgan fingerprint density at radius 2 is 1.79 bits per heavy atom. The Labute approximate surface area is 195 Å². The molecule has 33 heavy (non-hydrogen) atoms. The van der Waals surface area contributed by atoms with Gasteiger partial charge < -0.3 is 20.3 Å². The number of carbonyl (C=O) groups is 2. The lowest BCUT2D eigenvalue weighted by Gasteiger charge is -2.37. The van der Waals surface area contributed by atoms with Gasteiger partial charge in [0.2, 0.25) is 5.91 Å². The minimum Gasteiger partial charge on any atom is -0.372 e. The summed E-state index contributed by atoms with van der Waals surface area (Å²) in [6, 6.07) is 11.2. The number of rotatable bonds is 7. The second-order valence-corrected chi connectivity index (χ2v) is 9.29. The van der Waals surface area contributed by atoms with E-state index in [-0.39, 0.29) is 29.9 Å². The van der Waals surface area contributed by atoms with Crippen molar-refractivity contribution < 1.29 is 18.7 Å². The maximum absolute atomic E-state index is 14.9. The van der Waals surface area contributed by atoms with Crippen molar-refractivity contribution in [1.82, 2.24) is 5.32 Å². The first kappa shape index (κ1) is 24.7. The van der Waals surface area contributed by atoms with Crippen molar-refractivity contribution in [2.24, 2.45) is 5.92 Å². The summed E-state index contributed by atoms with van der Waals surface area (Å²) >= 11 is 0. The van der Waals surface area contributed by atoms with Gasteiger partial charge in [-0.15, -0.1) is 0 Å². The maximum atomic E-state index is 14.9. The monoisotopic (exact) mass is 455 g/mol. The van der Waals surface area contributed by atoms with E-state index in [0.29, 0.717) is 36.4 Å². The molecule has 2 amide bonds. The molecule has 0 saturated carbocycles. The van der Waals surface area contributed by atoms with Crippen LogP contribution in [0, 0.1) is 18.7 Å². The molecule has 7 heteroatoms. The topological polar surface area (TPSA) is 70.7 Å². The fourth-order valence-electron chi connectivity index (χ4n) is 4.21. The fraction of sp³-hybridized carbons (Fsp3) is 0.462. The minimum atomic E-state index is -0.735. The number of anilines is 2. The molecule has 0 aromatic heterocycles. The first-order valence-electron chi connectivity index (χ1n) is 11.5. The van der Waals surface area contributed by atoms with Crippen LogP contribution >= 0.6 is 0 Å². The highest BCUT2D eigenvalue weighted by Crippen LogP contribution is 2.26. The molecule has 1 aliphatic heterocycles. The average molecular weight is 456 g/mol. The molecule has 3 unspecified atom stereocenters. The lowest BCUT2D eigenvalue weighted by Crippen LogP contribution is -2.46. The highest BCUT2D eigenvalue weighted by atomic mass is 19.1. The molecule has 3 atom stereocenters. The standard InChI is InChI=1S/C26H34FN3O3/c1-16(2)12-23(29-25(31)21-9-7-6-8-17(21)3)26(32)28-20-10-11-24(22(27)13-20)30-14-18(4)33-19(5)15-30/h6-11,13,16,18-19,23H,12,14-15H2,1-5H3,(H,28,32)(H,29,31). The van der Waals surface area contributed by atoms with E-state index in [0.717, 1.165) is 5.56 Å². The Hall–Kier alpha value is -2.93. The summed E-state index contributed by atoms with van der Waals surface area (Å²) in [5.74, 6) is -0.891. The van der Waals surface area contributed by atoms with Crippen molar-refractivity contribution >= 4 is 23.2 Å². The Morgan fingerprint density at radius 1 is 1.12 bits per heavy atom. The van der Waals surface area contributed by atoms with Gasteiger partial charge in [-0.3, -0.25) is 9.59 Å². The van der Waals surface area contributed by atoms with Crippen molar-refractivity contribution in [1.29, 1.82) is 0 Å². The highest BCUT2D eigenvalue weighted by Gasteiger charge is 2.26. The molecule has 2 aromatic rings. The van der Waals surface area contributed by atoms with Crippen LogP contribution in [-0.2, 0) is 9.53 Å². The van der Waals surface area contributed by atoms with Gasteiger partial charge in [0.05, 0.1) is 17.9 Å². The van der Waals surface area contributed by atoms with Gasteiger partial charge in [0, 0.05) is 24.3 Å². The van der Waals surface area contributed by atoms with Gasteiger partial charge in [0.15, 0.2) is 0 Å². The van der Waals surface area contributed by atoms with Gasteiger partial charge in [-0.05, 0) is 62.9 Å². The summed E-state index contributed by atoms with van der Waals surface area (Å²) in [6.45, 7) is 11.0. The summed E-state index contributed by atoms with van der Waals surface area (Å²) in [5, 5.41) is 5.62. The third-order valence-electron chi connectivity index (χ3n) is 5.69. The molecular weight excluding hydrogens is 421 g/mol. The molecule has 6 nitrogen and oxygen atoms in total. The van der Waals surface area contributed by atoms with Crippen LogP contribution in [0.4, 0.5) is 15.8 Å². The Bertz CT molecular complexity index is 984. The van der Waals surface area contributed by atoms with E-state index in [1.807, 2.05) is 51.7 Å². The van der Waals surface area contributed by atoms with Crippen LogP contribution in [0.3, 0.4) is 0 Å². The maximum Gasteiger partial charge on any atom is 0.252 e. The van der Waals surface area contributed by atoms with Crippen molar-refractivity contribution in [3.05, 3.63) is 59.4 Å². The van der Waals surface area contributed by atoms with E-state index in [9.17, 15) is 14.0 Å². The zero-order valence-electron chi connectivity index (χ0n) is 20.0. The molecule has 0 aliphatic carbocycles. The normalized spacial score (nSPS) is 19.3. The number of nitrogens with one attached hydrogen (secondary N) is 2. The van der Waals surface area contributed by atoms with Crippen molar-refractivity contribution in [3.63, 3.8) is 0 Å². The summed E-state index contributed by atoms with van der Waals surface area (Å²) in [5.41, 5.74) is 2.21. The number of benzene rings is 2. The smallest absolute Gasteiger partial charge is 0.252 e. The number of amides is 2. The highest BCUT2D eigenvalue weighted by molar-refractivity contribution is 6.01. The number of morpholine rings is 1. The van der Waals surface area contributed by atoms with Gasteiger partial charge in [-0.2, -0.15) is 0 Å². The number of carbonyl (C=O) groups excluding carboxylic acids is 2. The van der Waals surface area contributed by atoms with Gasteiger partial charge in [0.25, 0.3) is 5.91 Å². The van der Waals surface area contributed by atoms with Crippen LogP contribution in [0.1, 0.15) is 50.0 Å². The molecule has 0 spiro atoms. The number of ether oxygens (including phenoxy) is 1. The van der Waals surface area contributed by atoms with Crippen LogP contribution in [0.25, 0.3) is 0 Å². The van der Waals surface area contributed by atoms with Crippen molar-refractivity contribution in [2.45, 2.75) is 59.3 Å². The molecule has 0 radical (unpaired) electrons. The van der Waals surface area contributed by atoms with Crippen LogP contribution in [0.5, 0.6) is 0 Å².